The highest BCUT2D eigenvalue weighted by Gasteiger charge is 2.12. The van der Waals surface area contributed by atoms with Crippen LogP contribution in [0.1, 0.15) is 24.1 Å². The number of hydrogen-bond donors (Lipinski definition) is 1. The lowest BCUT2D eigenvalue weighted by Gasteiger charge is -2.12. The molecular weight excluding hydrogens is 336 g/mol. The van der Waals surface area contributed by atoms with Crippen LogP contribution in [0.5, 0.6) is 11.5 Å². The molecule has 0 amide bonds. The normalized spacial score (nSPS) is 12.0. The zero-order valence-corrected chi connectivity index (χ0v) is 13.3. The summed E-state index contributed by atoms with van der Waals surface area (Å²) in [6.07, 6.45) is 0. The standard InChI is InChI=1S/C15H15BrN2O3/c1-9-3-4-11(18(19)20)7-15(9)21-12-5-6-13(10(2)17)14(16)8-12/h3-8,10H,17H2,1-2H3. The molecule has 1 atom stereocenters. The van der Waals surface area contributed by atoms with Gasteiger partial charge in [0.2, 0.25) is 0 Å². The van der Waals surface area contributed by atoms with Crippen LogP contribution in [-0.2, 0) is 0 Å². The summed E-state index contributed by atoms with van der Waals surface area (Å²) < 4.78 is 6.59. The summed E-state index contributed by atoms with van der Waals surface area (Å²) in [5.41, 5.74) is 7.65. The summed E-state index contributed by atoms with van der Waals surface area (Å²) in [6, 6.07) is 9.92. The van der Waals surface area contributed by atoms with Crippen molar-refractivity contribution in [2.45, 2.75) is 19.9 Å². The molecule has 0 saturated heterocycles. The van der Waals surface area contributed by atoms with Crippen molar-refractivity contribution in [3.8, 4) is 11.5 Å². The Kier molecular flexibility index (Phi) is 4.59. The number of halogens is 1. The molecule has 110 valence electrons. The molecule has 0 aliphatic heterocycles. The summed E-state index contributed by atoms with van der Waals surface area (Å²) in [7, 11) is 0. The molecule has 0 aromatic heterocycles. The van der Waals surface area contributed by atoms with Crippen LogP contribution in [0.4, 0.5) is 5.69 Å². The third-order valence-electron chi connectivity index (χ3n) is 3.07. The average Bonchev–Trinajstić information content (AvgIpc) is 2.40. The first-order chi connectivity index (χ1) is 9.88. The van der Waals surface area contributed by atoms with Crippen LogP contribution in [0.25, 0.3) is 0 Å². The van der Waals surface area contributed by atoms with Crippen molar-refractivity contribution in [3.63, 3.8) is 0 Å². The van der Waals surface area contributed by atoms with Gasteiger partial charge in [-0.25, -0.2) is 0 Å². The summed E-state index contributed by atoms with van der Waals surface area (Å²) in [5.74, 6) is 1.06. The maximum absolute atomic E-state index is 10.8. The van der Waals surface area contributed by atoms with E-state index in [9.17, 15) is 10.1 Å². The molecule has 0 fully saturated rings. The number of nitrogens with two attached hydrogens (primary N) is 1. The van der Waals surface area contributed by atoms with Crippen LogP contribution in [0.2, 0.25) is 0 Å². The van der Waals surface area contributed by atoms with Crippen molar-refractivity contribution in [2.75, 3.05) is 0 Å². The molecule has 0 aliphatic carbocycles. The molecule has 0 bridgehead atoms. The van der Waals surface area contributed by atoms with Crippen molar-refractivity contribution < 1.29 is 9.66 Å². The van der Waals surface area contributed by atoms with E-state index in [1.165, 1.54) is 12.1 Å². The van der Waals surface area contributed by atoms with E-state index in [4.69, 9.17) is 10.5 Å². The van der Waals surface area contributed by atoms with Gasteiger partial charge in [0.25, 0.3) is 5.69 Å². The maximum Gasteiger partial charge on any atom is 0.273 e. The van der Waals surface area contributed by atoms with Gasteiger partial charge in [-0.2, -0.15) is 0 Å². The number of nitro benzene ring substituents is 1. The quantitative estimate of drug-likeness (QED) is 0.651. The van der Waals surface area contributed by atoms with Gasteiger partial charge in [-0.3, -0.25) is 10.1 Å². The predicted molar refractivity (Wildman–Crippen MR) is 84.7 cm³/mol. The second kappa shape index (κ2) is 6.24. The van der Waals surface area contributed by atoms with E-state index >= 15 is 0 Å². The molecule has 21 heavy (non-hydrogen) atoms. The third-order valence-corrected chi connectivity index (χ3v) is 3.76. The summed E-state index contributed by atoms with van der Waals surface area (Å²) in [6.45, 7) is 3.73. The van der Waals surface area contributed by atoms with Crippen LogP contribution in [0.3, 0.4) is 0 Å². The Morgan fingerprint density at radius 1 is 1.29 bits per heavy atom. The molecule has 1 unspecified atom stereocenters. The van der Waals surface area contributed by atoms with Gasteiger partial charge in [0.1, 0.15) is 11.5 Å². The molecule has 2 aromatic carbocycles. The molecule has 2 rings (SSSR count). The molecule has 0 radical (unpaired) electrons. The Morgan fingerprint density at radius 3 is 2.57 bits per heavy atom. The molecule has 2 aromatic rings. The first kappa shape index (κ1) is 15.5. The Bertz CT molecular complexity index is 687. The van der Waals surface area contributed by atoms with Gasteiger partial charge >= 0.3 is 0 Å². The molecule has 0 aliphatic rings. The van der Waals surface area contributed by atoms with E-state index in [0.29, 0.717) is 11.5 Å². The van der Waals surface area contributed by atoms with Crippen molar-refractivity contribution in [3.05, 3.63) is 62.1 Å². The van der Waals surface area contributed by atoms with Crippen LogP contribution in [0, 0.1) is 17.0 Å². The minimum Gasteiger partial charge on any atom is -0.457 e. The van der Waals surface area contributed by atoms with E-state index in [2.05, 4.69) is 15.9 Å². The number of nitro groups is 1. The van der Waals surface area contributed by atoms with E-state index in [1.807, 2.05) is 19.9 Å². The smallest absolute Gasteiger partial charge is 0.273 e. The Morgan fingerprint density at radius 2 is 2.00 bits per heavy atom. The van der Waals surface area contributed by atoms with Gasteiger partial charge in [-0.1, -0.05) is 22.0 Å². The van der Waals surface area contributed by atoms with E-state index in [1.54, 1.807) is 18.2 Å². The largest absolute Gasteiger partial charge is 0.457 e. The van der Waals surface area contributed by atoms with Gasteiger partial charge in [0.15, 0.2) is 0 Å². The van der Waals surface area contributed by atoms with Crippen LogP contribution in [-0.4, -0.2) is 4.92 Å². The molecule has 5 nitrogen and oxygen atoms in total. The zero-order valence-electron chi connectivity index (χ0n) is 11.7. The highest BCUT2D eigenvalue weighted by atomic mass is 79.9. The van der Waals surface area contributed by atoms with Gasteiger partial charge in [0.05, 0.1) is 11.0 Å². The van der Waals surface area contributed by atoms with E-state index in [-0.39, 0.29) is 11.7 Å². The Labute approximate surface area is 131 Å². The number of ether oxygens (including phenoxy) is 1. The summed E-state index contributed by atoms with van der Waals surface area (Å²) in [5, 5.41) is 10.8. The van der Waals surface area contributed by atoms with Gasteiger partial charge in [-0.15, -0.1) is 0 Å². The van der Waals surface area contributed by atoms with E-state index in [0.717, 1.165) is 15.6 Å². The lowest BCUT2D eigenvalue weighted by atomic mass is 10.1. The molecule has 2 N–H and O–H groups in total. The molecule has 0 spiro atoms. The lowest BCUT2D eigenvalue weighted by Crippen LogP contribution is -2.05. The third kappa shape index (κ3) is 3.59. The number of aryl methyl sites for hydroxylation is 1. The van der Waals surface area contributed by atoms with Crippen molar-refractivity contribution in [2.24, 2.45) is 5.73 Å². The number of non-ortho nitro benzene ring substituents is 1. The van der Waals surface area contributed by atoms with Crippen molar-refractivity contribution in [1.82, 2.24) is 0 Å². The highest BCUT2D eigenvalue weighted by molar-refractivity contribution is 9.10. The molecule has 6 heteroatoms. The minimum absolute atomic E-state index is 0.00173. The monoisotopic (exact) mass is 350 g/mol. The lowest BCUT2D eigenvalue weighted by molar-refractivity contribution is -0.384. The van der Waals surface area contributed by atoms with Gasteiger partial charge in [-0.05, 0) is 43.2 Å². The number of benzene rings is 2. The second-order valence-electron chi connectivity index (χ2n) is 4.78. The fourth-order valence-electron chi connectivity index (χ4n) is 1.88. The van der Waals surface area contributed by atoms with Crippen molar-refractivity contribution >= 4 is 21.6 Å². The number of nitrogens with zero attached hydrogens (tertiary/aromatic N) is 1. The Hall–Kier alpha value is -1.92. The van der Waals surface area contributed by atoms with Crippen LogP contribution >= 0.6 is 15.9 Å². The second-order valence-corrected chi connectivity index (χ2v) is 5.64. The highest BCUT2D eigenvalue weighted by Crippen LogP contribution is 2.32. The average molecular weight is 351 g/mol. The summed E-state index contributed by atoms with van der Waals surface area (Å²) in [4.78, 5) is 10.4. The first-order valence-electron chi connectivity index (χ1n) is 6.36. The topological polar surface area (TPSA) is 78.4 Å². The SMILES string of the molecule is Cc1ccc([N+](=O)[O-])cc1Oc1ccc(C(C)N)c(Br)c1. The van der Waals surface area contributed by atoms with Crippen molar-refractivity contribution in [1.29, 1.82) is 0 Å². The van der Waals surface area contributed by atoms with E-state index < -0.39 is 4.92 Å². The predicted octanol–water partition coefficient (Wildman–Crippen LogP) is 4.48. The Balaban J connectivity index is 2.32. The molecular formula is C15H15BrN2O3. The van der Waals surface area contributed by atoms with Gasteiger partial charge in [0, 0.05) is 16.6 Å². The number of rotatable bonds is 4. The zero-order chi connectivity index (χ0) is 15.6. The fourth-order valence-corrected chi connectivity index (χ4v) is 2.60. The number of hydrogen-bond acceptors (Lipinski definition) is 4. The molecule has 0 saturated carbocycles. The van der Waals surface area contributed by atoms with Crippen LogP contribution in [0.15, 0.2) is 40.9 Å². The maximum atomic E-state index is 10.8. The summed E-state index contributed by atoms with van der Waals surface area (Å²) >= 11 is 3.45. The molecule has 0 heterocycles. The first-order valence-corrected chi connectivity index (χ1v) is 7.15. The van der Waals surface area contributed by atoms with Gasteiger partial charge < -0.3 is 10.5 Å². The fraction of sp³-hybridized carbons (Fsp3) is 0.200. The minimum atomic E-state index is -0.443. The van der Waals surface area contributed by atoms with Crippen LogP contribution < -0.4 is 10.5 Å².